The average molecular weight is 502 g/mol. The lowest BCUT2D eigenvalue weighted by Gasteiger charge is -2.14. The van der Waals surface area contributed by atoms with Crippen molar-refractivity contribution in [3.8, 4) is 5.75 Å². The first-order chi connectivity index (χ1) is 15.8. The molecular formula is C24H14Cl2FNO4S. The summed E-state index contributed by atoms with van der Waals surface area (Å²) in [6.45, 7) is -0.273. The number of thioether (sulfide) groups is 1. The largest absolute Gasteiger partial charge is 0.423 e. The molecule has 1 fully saturated rings. The van der Waals surface area contributed by atoms with Gasteiger partial charge in [-0.05, 0) is 65.9 Å². The predicted octanol–water partition coefficient (Wildman–Crippen LogP) is 6.59. The minimum atomic E-state index is -0.597. The Morgan fingerprint density at radius 1 is 1.03 bits per heavy atom. The highest BCUT2D eigenvalue weighted by atomic mass is 35.5. The molecule has 0 atom stereocenters. The Balaban J connectivity index is 1.52. The Bertz CT molecular complexity index is 1290. The van der Waals surface area contributed by atoms with Gasteiger partial charge >= 0.3 is 5.97 Å². The van der Waals surface area contributed by atoms with Gasteiger partial charge in [0.2, 0.25) is 0 Å². The third-order valence-electron chi connectivity index (χ3n) is 4.68. The molecule has 0 unspecified atom stereocenters. The maximum absolute atomic E-state index is 14.1. The molecule has 1 heterocycles. The van der Waals surface area contributed by atoms with E-state index in [4.69, 9.17) is 27.9 Å². The molecule has 0 bridgehead atoms. The number of nitrogens with zero attached hydrogens (tertiary/aromatic N) is 1. The molecule has 0 saturated carbocycles. The summed E-state index contributed by atoms with van der Waals surface area (Å²) < 4.78 is 19.5. The van der Waals surface area contributed by atoms with E-state index in [2.05, 4.69) is 0 Å². The van der Waals surface area contributed by atoms with Crippen LogP contribution >= 0.6 is 35.0 Å². The van der Waals surface area contributed by atoms with Crippen molar-refractivity contribution in [2.75, 3.05) is 0 Å². The van der Waals surface area contributed by atoms with Crippen LogP contribution in [0.3, 0.4) is 0 Å². The number of hydrogen-bond acceptors (Lipinski definition) is 5. The SMILES string of the molecule is O=C(Oc1cccc(/C=C2\SC(=O)N(Cc3c(F)cccc3Cl)C2=O)c1)c1cccc(Cl)c1. The van der Waals surface area contributed by atoms with Crippen molar-refractivity contribution in [2.45, 2.75) is 6.54 Å². The standard InChI is InChI=1S/C24H14Cl2FNO4S/c25-16-6-2-5-15(12-16)23(30)32-17-7-1-4-14(10-17)11-21-22(29)28(24(31)33-21)13-18-19(26)8-3-9-20(18)27/h1-12H,13H2/b21-11-. The fourth-order valence-corrected chi connectivity index (χ4v) is 4.33. The zero-order chi connectivity index (χ0) is 23.5. The molecule has 166 valence electrons. The summed E-state index contributed by atoms with van der Waals surface area (Å²) >= 11 is 12.7. The van der Waals surface area contributed by atoms with Gasteiger partial charge in [0.05, 0.1) is 17.0 Å². The van der Waals surface area contributed by atoms with Crippen LogP contribution < -0.4 is 4.74 Å². The minimum absolute atomic E-state index is 0.0673. The Morgan fingerprint density at radius 3 is 2.55 bits per heavy atom. The van der Waals surface area contributed by atoms with Crippen molar-refractivity contribution < 1.29 is 23.5 Å². The number of benzene rings is 3. The van der Waals surface area contributed by atoms with E-state index in [1.807, 2.05) is 0 Å². The second-order valence-corrected chi connectivity index (χ2v) is 8.78. The van der Waals surface area contributed by atoms with Crippen LogP contribution in [0.25, 0.3) is 6.08 Å². The van der Waals surface area contributed by atoms with Gasteiger partial charge in [0.1, 0.15) is 11.6 Å². The Labute approximate surface area is 202 Å². The fourth-order valence-electron chi connectivity index (χ4n) is 3.08. The Morgan fingerprint density at radius 2 is 1.79 bits per heavy atom. The van der Waals surface area contributed by atoms with E-state index in [-0.39, 0.29) is 27.8 Å². The topological polar surface area (TPSA) is 63.7 Å². The summed E-state index contributed by atoms with van der Waals surface area (Å²) in [5, 5.41) is 0.00644. The first-order valence-electron chi connectivity index (χ1n) is 9.58. The molecule has 3 aromatic rings. The van der Waals surface area contributed by atoms with Gasteiger partial charge < -0.3 is 4.74 Å². The molecule has 3 aromatic carbocycles. The Hall–Kier alpha value is -3.13. The number of imide groups is 1. The molecule has 1 aliphatic heterocycles. The summed E-state index contributed by atoms with van der Waals surface area (Å²) in [5.41, 5.74) is 0.902. The highest BCUT2D eigenvalue weighted by molar-refractivity contribution is 8.18. The molecule has 0 aliphatic carbocycles. The second kappa shape index (κ2) is 9.79. The zero-order valence-electron chi connectivity index (χ0n) is 16.8. The lowest BCUT2D eigenvalue weighted by atomic mass is 10.1. The second-order valence-electron chi connectivity index (χ2n) is 6.94. The van der Waals surface area contributed by atoms with E-state index in [0.29, 0.717) is 16.1 Å². The lowest BCUT2D eigenvalue weighted by Crippen LogP contribution is -2.28. The molecule has 1 aliphatic rings. The number of carbonyl (C=O) groups is 3. The average Bonchev–Trinajstić information content (AvgIpc) is 3.03. The summed E-state index contributed by atoms with van der Waals surface area (Å²) in [7, 11) is 0. The molecular weight excluding hydrogens is 488 g/mol. The molecule has 9 heteroatoms. The molecule has 4 rings (SSSR count). The molecule has 0 N–H and O–H groups in total. The van der Waals surface area contributed by atoms with Crippen LogP contribution in [0.5, 0.6) is 5.75 Å². The van der Waals surface area contributed by atoms with Gasteiger partial charge in [0, 0.05) is 15.6 Å². The van der Waals surface area contributed by atoms with E-state index in [1.165, 1.54) is 30.3 Å². The first kappa shape index (κ1) is 23.0. The number of carbonyl (C=O) groups excluding carboxylic acids is 3. The van der Waals surface area contributed by atoms with Gasteiger partial charge in [-0.15, -0.1) is 0 Å². The number of esters is 1. The summed E-state index contributed by atoms with van der Waals surface area (Å²) in [6, 6.07) is 17.0. The van der Waals surface area contributed by atoms with Crippen molar-refractivity contribution in [3.05, 3.63) is 104 Å². The molecule has 0 aromatic heterocycles. The highest BCUT2D eigenvalue weighted by Crippen LogP contribution is 2.35. The van der Waals surface area contributed by atoms with Gasteiger partial charge in [0.15, 0.2) is 0 Å². The molecule has 0 radical (unpaired) electrons. The van der Waals surface area contributed by atoms with Gasteiger partial charge in [0.25, 0.3) is 11.1 Å². The maximum Gasteiger partial charge on any atom is 0.343 e. The van der Waals surface area contributed by atoms with Crippen molar-refractivity contribution in [3.63, 3.8) is 0 Å². The van der Waals surface area contributed by atoms with Crippen LogP contribution in [-0.4, -0.2) is 22.0 Å². The van der Waals surface area contributed by atoms with Crippen LogP contribution in [-0.2, 0) is 11.3 Å². The summed E-state index contributed by atoms with van der Waals surface area (Å²) in [4.78, 5) is 38.6. The van der Waals surface area contributed by atoms with Gasteiger partial charge in [-0.25, -0.2) is 9.18 Å². The summed E-state index contributed by atoms with van der Waals surface area (Å²) in [6.07, 6.45) is 1.50. The van der Waals surface area contributed by atoms with Gasteiger partial charge in [-0.3, -0.25) is 14.5 Å². The third-order valence-corrected chi connectivity index (χ3v) is 6.17. The molecule has 2 amide bonds. The van der Waals surface area contributed by atoms with Crippen molar-refractivity contribution >= 4 is 58.2 Å². The minimum Gasteiger partial charge on any atom is -0.423 e. The highest BCUT2D eigenvalue weighted by Gasteiger charge is 2.35. The van der Waals surface area contributed by atoms with E-state index in [9.17, 15) is 18.8 Å². The third kappa shape index (κ3) is 5.27. The Kier molecular flexibility index (Phi) is 6.83. The van der Waals surface area contributed by atoms with Gasteiger partial charge in [-0.2, -0.15) is 0 Å². The van der Waals surface area contributed by atoms with Crippen LogP contribution in [0.4, 0.5) is 9.18 Å². The normalized spacial score (nSPS) is 14.8. The van der Waals surface area contributed by atoms with Crippen molar-refractivity contribution in [1.82, 2.24) is 4.90 Å². The summed E-state index contributed by atoms with van der Waals surface area (Å²) in [5.74, 6) is -1.49. The fraction of sp³-hybridized carbons (Fsp3) is 0.0417. The van der Waals surface area contributed by atoms with Crippen molar-refractivity contribution in [1.29, 1.82) is 0 Å². The molecule has 33 heavy (non-hydrogen) atoms. The van der Waals surface area contributed by atoms with E-state index < -0.39 is 22.9 Å². The van der Waals surface area contributed by atoms with Crippen molar-refractivity contribution in [2.24, 2.45) is 0 Å². The number of amides is 2. The number of hydrogen-bond donors (Lipinski definition) is 0. The number of rotatable bonds is 5. The van der Waals surface area contributed by atoms with Crippen LogP contribution in [0.1, 0.15) is 21.5 Å². The van der Waals surface area contributed by atoms with Crippen LogP contribution in [0.2, 0.25) is 10.0 Å². The van der Waals surface area contributed by atoms with E-state index in [1.54, 1.807) is 42.5 Å². The predicted molar refractivity (Wildman–Crippen MR) is 126 cm³/mol. The maximum atomic E-state index is 14.1. The lowest BCUT2D eigenvalue weighted by molar-refractivity contribution is -0.123. The molecule has 5 nitrogen and oxygen atoms in total. The monoisotopic (exact) mass is 501 g/mol. The molecule has 1 saturated heterocycles. The van der Waals surface area contributed by atoms with Crippen LogP contribution in [0, 0.1) is 5.82 Å². The number of ether oxygens (including phenoxy) is 1. The number of halogens is 3. The smallest absolute Gasteiger partial charge is 0.343 e. The molecule has 0 spiro atoms. The quantitative estimate of drug-likeness (QED) is 0.224. The van der Waals surface area contributed by atoms with Gasteiger partial charge in [-0.1, -0.05) is 47.5 Å². The first-order valence-corrected chi connectivity index (χ1v) is 11.1. The van der Waals surface area contributed by atoms with E-state index >= 15 is 0 Å². The zero-order valence-corrected chi connectivity index (χ0v) is 19.1. The van der Waals surface area contributed by atoms with Crippen LogP contribution in [0.15, 0.2) is 71.6 Å². The van der Waals surface area contributed by atoms with E-state index in [0.717, 1.165) is 16.7 Å².